The Morgan fingerprint density at radius 3 is 2.43 bits per heavy atom. The van der Waals surface area contributed by atoms with Gasteiger partial charge in [-0.2, -0.15) is 0 Å². The number of hydrogen-bond acceptors (Lipinski definition) is 5. The molecule has 1 amide bonds. The molecular weight excluding hydrogens is 356 g/mol. The first-order chi connectivity index (χ1) is 13.6. The van der Waals surface area contributed by atoms with Crippen molar-refractivity contribution in [3.63, 3.8) is 0 Å². The summed E-state index contributed by atoms with van der Waals surface area (Å²) in [5.41, 5.74) is 1.37. The normalized spacial score (nSPS) is 16.5. The number of nitrogens with one attached hydrogen (secondary N) is 2. The SMILES string of the molecule is CCN1CCN(C(CNC(=O)c2ccc(=O)[nH]c2)c2ccc(OC)cc2)CC1. The highest BCUT2D eigenvalue weighted by Crippen LogP contribution is 2.24. The number of pyridine rings is 1. The van der Waals surface area contributed by atoms with Gasteiger partial charge in [0.05, 0.1) is 18.7 Å². The van der Waals surface area contributed by atoms with Gasteiger partial charge in [0.25, 0.3) is 5.91 Å². The lowest BCUT2D eigenvalue weighted by atomic mass is 10.0. The van der Waals surface area contributed by atoms with Crippen molar-refractivity contribution in [1.82, 2.24) is 20.1 Å². The van der Waals surface area contributed by atoms with E-state index in [1.54, 1.807) is 7.11 Å². The average Bonchev–Trinajstić information content (AvgIpc) is 2.75. The van der Waals surface area contributed by atoms with Crippen LogP contribution in [0.2, 0.25) is 0 Å². The number of ether oxygens (including phenoxy) is 1. The predicted molar refractivity (Wildman–Crippen MR) is 109 cm³/mol. The third kappa shape index (κ3) is 4.99. The van der Waals surface area contributed by atoms with Gasteiger partial charge < -0.3 is 19.9 Å². The van der Waals surface area contributed by atoms with E-state index < -0.39 is 0 Å². The number of H-pyrrole nitrogens is 1. The number of hydrogen-bond donors (Lipinski definition) is 2. The molecule has 2 N–H and O–H groups in total. The molecule has 1 saturated heterocycles. The number of aromatic nitrogens is 1. The van der Waals surface area contributed by atoms with Crippen LogP contribution in [0.15, 0.2) is 47.4 Å². The topological polar surface area (TPSA) is 77.7 Å². The first-order valence-electron chi connectivity index (χ1n) is 9.68. The van der Waals surface area contributed by atoms with Crippen molar-refractivity contribution in [2.24, 2.45) is 0 Å². The minimum Gasteiger partial charge on any atom is -0.497 e. The van der Waals surface area contributed by atoms with Gasteiger partial charge in [0, 0.05) is 45.0 Å². The molecule has 1 aliphatic rings. The second-order valence-corrected chi connectivity index (χ2v) is 6.91. The number of carbonyl (C=O) groups is 1. The molecule has 2 heterocycles. The van der Waals surface area contributed by atoms with Crippen molar-refractivity contribution in [2.75, 3.05) is 46.4 Å². The van der Waals surface area contributed by atoms with E-state index in [-0.39, 0.29) is 17.5 Å². The van der Waals surface area contributed by atoms with Gasteiger partial charge in [0.15, 0.2) is 0 Å². The van der Waals surface area contributed by atoms with Crippen LogP contribution < -0.4 is 15.6 Å². The van der Waals surface area contributed by atoms with E-state index in [1.165, 1.54) is 18.3 Å². The molecule has 0 radical (unpaired) electrons. The summed E-state index contributed by atoms with van der Waals surface area (Å²) in [4.78, 5) is 31.1. The quantitative estimate of drug-likeness (QED) is 0.756. The summed E-state index contributed by atoms with van der Waals surface area (Å²) >= 11 is 0. The zero-order chi connectivity index (χ0) is 19.9. The highest BCUT2D eigenvalue weighted by Gasteiger charge is 2.25. The molecule has 1 fully saturated rings. The van der Waals surface area contributed by atoms with Crippen LogP contribution in [0.3, 0.4) is 0 Å². The first kappa shape index (κ1) is 20.1. The Hall–Kier alpha value is -2.64. The first-order valence-corrected chi connectivity index (χ1v) is 9.68. The number of piperazine rings is 1. The van der Waals surface area contributed by atoms with Crippen molar-refractivity contribution in [2.45, 2.75) is 13.0 Å². The Kier molecular flexibility index (Phi) is 6.84. The molecule has 1 aliphatic heterocycles. The van der Waals surface area contributed by atoms with Crippen LogP contribution in [0.4, 0.5) is 0 Å². The van der Waals surface area contributed by atoms with E-state index in [0.717, 1.165) is 44.0 Å². The molecule has 0 aliphatic carbocycles. The Morgan fingerprint density at radius 1 is 1.14 bits per heavy atom. The molecule has 1 unspecified atom stereocenters. The third-order valence-electron chi connectivity index (χ3n) is 5.30. The number of rotatable bonds is 7. The van der Waals surface area contributed by atoms with Crippen molar-refractivity contribution < 1.29 is 9.53 Å². The molecule has 0 bridgehead atoms. The zero-order valence-corrected chi connectivity index (χ0v) is 16.5. The second-order valence-electron chi connectivity index (χ2n) is 6.91. The molecule has 0 saturated carbocycles. The summed E-state index contributed by atoms with van der Waals surface area (Å²) in [5.74, 6) is 0.623. The largest absolute Gasteiger partial charge is 0.497 e. The van der Waals surface area contributed by atoms with Crippen molar-refractivity contribution in [3.8, 4) is 5.75 Å². The minimum absolute atomic E-state index is 0.0802. The molecular formula is C21H28N4O3. The average molecular weight is 384 g/mol. The maximum Gasteiger partial charge on any atom is 0.252 e. The van der Waals surface area contributed by atoms with Gasteiger partial charge in [-0.1, -0.05) is 19.1 Å². The summed E-state index contributed by atoms with van der Waals surface area (Å²) in [5, 5.41) is 3.02. The molecule has 1 aromatic heterocycles. The van der Waals surface area contributed by atoms with Gasteiger partial charge in [-0.3, -0.25) is 14.5 Å². The van der Waals surface area contributed by atoms with Gasteiger partial charge in [0.2, 0.25) is 5.56 Å². The van der Waals surface area contributed by atoms with Crippen LogP contribution in [0.25, 0.3) is 0 Å². The minimum atomic E-state index is -0.221. The molecule has 7 heteroatoms. The van der Waals surface area contributed by atoms with E-state index in [2.05, 4.69) is 39.2 Å². The molecule has 0 spiro atoms. The van der Waals surface area contributed by atoms with Crippen molar-refractivity contribution in [3.05, 3.63) is 64.1 Å². The van der Waals surface area contributed by atoms with Gasteiger partial charge in [-0.25, -0.2) is 0 Å². The maximum absolute atomic E-state index is 12.5. The third-order valence-corrected chi connectivity index (χ3v) is 5.30. The fourth-order valence-electron chi connectivity index (χ4n) is 3.52. The lowest BCUT2D eigenvalue weighted by molar-refractivity contribution is 0.0855. The Balaban J connectivity index is 1.72. The van der Waals surface area contributed by atoms with Crippen molar-refractivity contribution in [1.29, 1.82) is 0 Å². The van der Waals surface area contributed by atoms with Crippen LogP contribution >= 0.6 is 0 Å². The second kappa shape index (κ2) is 9.52. The molecule has 1 atom stereocenters. The highest BCUT2D eigenvalue weighted by atomic mass is 16.5. The number of likely N-dealkylation sites (N-methyl/N-ethyl adjacent to an activating group) is 1. The van der Waals surface area contributed by atoms with Gasteiger partial charge >= 0.3 is 0 Å². The summed E-state index contributed by atoms with van der Waals surface area (Å²) < 4.78 is 5.27. The van der Waals surface area contributed by atoms with E-state index in [0.29, 0.717) is 12.1 Å². The van der Waals surface area contributed by atoms with Gasteiger partial charge in [-0.05, 0) is 30.3 Å². The molecule has 150 valence electrons. The number of nitrogens with zero attached hydrogens (tertiary/aromatic N) is 2. The predicted octanol–water partition coefficient (Wildman–Crippen LogP) is 1.49. The number of methoxy groups -OCH3 is 1. The molecule has 2 aromatic rings. The van der Waals surface area contributed by atoms with Crippen LogP contribution in [0, 0.1) is 0 Å². The summed E-state index contributed by atoms with van der Waals surface area (Å²) in [6.45, 7) is 7.70. The smallest absolute Gasteiger partial charge is 0.252 e. The standard InChI is InChI=1S/C21H28N4O3/c1-3-24-10-12-25(13-11-24)19(16-4-7-18(28-2)8-5-16)15-23-21(27)17-6-9-20(26)22-14-17/h4-9,14,19H,3,10-13,15H2,1-2H3,(H,22,26)(H,23,27). The summed E-state index contributed by atoms with van der Waals surface area (Å²) in [6.07, 6.45) is 1.44. The highest BCUT2D eigenvalue weighted by molar-refractivity contribution is 5.93. The van der Waals surface area contributed by atoms with E-state index in [1.807, 2.05) is 12.1 Å². The number of amides is 1. The molecule has 3 rings (SSSR count). The van der Waals surface area contributed by atoms with Gasteiger partial charge in [-0.15, -0.1) is 0 Å². The monoisotopic (exact) mass is 384 g/mol. The van der Waals surface area contributed by atoms with Gasteiger partial charge in [0.1, 0.15) is 5.75 Å². The van der Waals surface area contributed by atoms with Crippen LogP contribution in [-0.4, -0.2) is 67.1 Å². The fourth-order valence-corrected chi connectivity index (χ4v) is 3.52. The van der Waals surface area contributed by atoms with E-state index in [9.17, 15) is 9.59 Å². The van der Waals surface area contributed by atoms with Crippen LogP contribution in [0.1, 0.15) is 28.9 Å². The van der Waals surface area contributed by atoms with Crippen molar-refractivity contribution >= 4 is 5.91 Å². The number of carbonyl (C=O) groups excluding carboxylic acids is 1. The Bertz CT molecular complexity index is 806. The number of aromatic amines is 1. The van der Waals surface area contributed by atoms with Crippen LogP contribution in [-0.2, 0) is 0 Å². The fraction of sp³-hybridized carbons (Fsp3) is 0.429. The lowest BCUT2D eigenvalue weighted by Gasteiger charge is -2.39. The molecule has 1 aromatic carbocycles. The Morgan fingerprint density at radius 2 is 1.86 bits per heavy atom. The lowest BCUT2D eigenvalue weighted by Crippen LogP contribution is -2.49. The zero-order valence-electron chi connectivity index (χ0n) is 16.5. The summed E-state index contributed by atoms with van der Waals surface area (Å²) in [6, 6.07) is 11.0. The Labute approximate surface area is 165 Å². The maximum atomic E-state index is 12.5. The van der Waals surface area contributed by atoms with E-state index in [4.69, 9.17) is 4.74 Å². The summed E-state index contributed by atoms with van der Waals surface area (Å²) in [7, 11) is 1.65. The number of benzene rings is 1. The van der Waals surface area contributed by atoms with E-state index >= 15 is 0 Å². The van der Waals surface area contributed by atoms with Crippen LogP contribution in [0.5, 0.6) is 5.75 Å². The molecule has 7 nitrogen and oxygen atoms in total. The molecule has 28 heavy (non-hydrogen) atoms.